The van der Waals surface area contributed by atoms with Crippen molar-refractivity contribution in [3.05, 3.63) is 29.3 Å². The molecule has 0 radical (unpaired) electrons. The standard InChI is InChI=1S/C20H32N4O3/c1-15-7-6-8-17(16(15)2)22-18(25)21-9-10-23-11-13-24(14-12-23)19(26)27-20(3,4)5/h6-8H,9-14H2,1-5H3,(H2,21,22,25). The lowest BCUT2D eigenvalue weighted by atomic mass is 10.1. The van der Waals surface area contributed by atoms with Crippen LogP contribution in [-0.4, -0.2) is 66.8 Å². The summed E-state index contributed by atoms with van der Waals surface area (Å²) in [5.41, 5.74) is 2.58. The minimum Gasteiger partial charge on any atom is -0.444 e. The average molecular weight is 377 g/mol. The molecule has 150 valence electrons. The summed E-state index contributed by atoms with van der Waals surface area (Å²) < 4.78 is 5.40. The van der Waals surface area contributed by atoms with E-state index in [1.165, 1.54) is 0 Å². The predicted molar refractivity (Wildman–Crippen MR) is 107 cm³/mol. The smallest absolute Gasteiger partial charge is 0.410 e. The van der Waals surface area contributed by atoms with Crippen LogP contribution in [0.4, 0.5) is 15.3 Å². The molecule has 0 spiro atoms. The van der Waals surface area contributed by atoms with E-state index >= 15 is 0 Å². The number of nitrogens with one attached hydrogen (secondary N) is 2. The molecule has 0 unspecified atom stereocenters. The number of carbonyl (C=O) groups excluding carboxylic acids is 2. The van der Waals surface area contributed by atoms with E-state index in [1.54, 1.807) is 4.90 Å². The maximum Gasteiger partial charge on any atom is 0.410 e. The molecule has 1 aliphatic rings. The lowest BCUT2D eigenvalue weighted by Crippen LogP contribution is -2.51. The van der Waals surface area contributed by atoms with Crippen molar-refractivity contribution < 1.29 is 14.3 Å². The van der Waals surface area contributed by atoms with Crippen LogP contribution < -0.4 is 10.6 Å². The van der Waals surface area contributed by atoms with Crippen molar-refractivity contribution in [1.82, 2.24) is 15.1 Å². The number of rotatable bonds is 4. The van der Waals surface area contributed by atoms with Gasteiger partial charge in [-0.25, -0.2) is 9.59 Å². The van der Waals surface area contributed by atoms with Crippen LogP contribution in [0.1, 0.15) is 31.9 Å². The number of hydrogen-bond donors (Lipinski definition) is 2. The van der Waals surface area contributed by atoms with Crippen LogP contribution in [0, 0.1) is 13.8 Å². The molecule has 1 saturated heterocycles. The Morgan fingerprint density at radius 3 is 2.41 bits per heavy atom. The van der Waals surface area contributed by atoms with E-state index < -0.39 is 5.60 Å². The molecule has 7 nitrogen and oxygen atoms in total. The van der Waals surface area contributed by atoms with Crippen molar-refractivity contribution in [2.75, 3.05) is 44.6 Å². The second-order valence-corrected chi connectivity index (χ2v) is 7.94. The molecule has 0 aliphatic carbocycles. The van der Waals surface area contributed by atoms with Crippen molar-refractivity contribution >= 4 is 17.8 Å². The first-order chi connectivity index (χ1) is 12.7. The molecule has 2 rings (SSSR count). The summed E-state index contributed by atoms with van der Waals surface area (Å²) in [4.78, 5) is 28.1. The average Bonchev–Trinajstić information content (AvgIpc) is 2.58. The molecule has 2 N–H and O–H groups in total. The SMILES string of the molecule is Cc1cccc(NC(=O)NCCN2CCN(C(=O)OC(C)(C)C)CC2)c1C. The van der Waals surface area contributed by atoms with Gasteiger partial charge in [0.2, 0.25) is 0 Å². The normalized spacial score (nSPS) is 15.4. The van der Waals surface area contributed by atoms with Gasteiger partial charge < -0.3 is 20.3 Å². The van der Waals surface area contributed by atoms with Crippen LogP contribution >= 0.6 is 0 Å². The van der Waals surface area contributed by atoms with Crippen LogP contribution in [0.2, 0.25) is 0 Å². The molecule has 0 atom stereocenters. The number of piperazine rings is 1. The van der Waals surface area contributed by atoms with Gasteiger partial charge in [0.1, 0.15) is 5.60 Å². The summed E-state index contributed by atoms with van der Waals surface area (Å²) in [6.07, 6.45) is -0.256. The highest BCUT2D eigenvalue weighted by atomic mass is 16.6. The Bertz CT molecular complexity index is 662. The number of hydrogen-bond acceptors (Lipinski definition) is 4. The van der Waals surface area contributed by atoms with Crippen molar-refractivity contribution in [3.63, 3.8) is 0 Å². The maximum absolute atomic E-state index is 12.1. The second kappa shape index (κ2) is 9.08. The number of carbonyl (C=O) groups is 2. The van der Waals surface area contributed by atoms with E-state index in [4.69, 9.17) is 4.74 Å². The summed E-state index contributed by atoms with van der Waals surface area (Å²) in [7, 11) is 0. The van der Waals surface area contributed by atoms with Gasteiger partial charge >= 0.3 is 12.1 Å². The lowest BCUT2D eigenvalue weighted by molar-refractivity contribution is 0.0147. The third-order valence-corrected chi connectivity index (χ3v) is 4.59. The Morgan fingerprint density at radius 2 is 1.78 bits per heavy atom. The van der Waals surface area contributed by atoms with Crippen LogP contribution in [0.25, 0.3) is 0 Å². The summed E-state index contributed by atoms with van der Waals surface area (Å²) in [6.45, 7) is 13.8. The third-order valence-electron chi connectivity index (χ3n) is 4.59. The zero-order valence-corrected chi connectivity index (χ0v) is 17.1. The van der Waals surface area contributed by atoms with Gasteiger partial charge in [-0.2, -0.15) is 0 Å². The molecule has 3 amide bonds. The number of anilines is 1. The topological polar surface area (TPSA) is 73.9 Å². The molecule has 1 fully saturated rings. The molecular formula is C20H32N4O3. The Hall–Kier alpha value is -2.28. The molecular weight excluding hydrogens is 344 g/mol. The van der Waals surface area contributed by atoms with Gasteiger partial charge in [-0.15, -0.1) is 0 Å². The van der Waals surface area contributed by atoms with Crippen molar-refractivity contribution in [2.45, 2.75) is 40.2 Å². The van der Waals surface area contributed by atoms with Crippen LogP contribution in [0.3, 0.4) is 0 Å². The van der Waals surface area contributed by atoms with Gasteiger partial charge in [0.25, 0.3) is 0 Å². The van der Waals surface area contributed by atoms with E-state index in [1.807, 2.05) is 52.8 Å². The van der Waals surface area contributed by atoms with E-state index in [-0.39, 0.29) is 12.1 Å². The zero-order chi connectivity index (χ0) is 20.0. The highest BCUT2D eigenvalue weighted by molar-refractivity contribution is 5.90. The maximum atomic E-state index is 12.1. The molecule has 1 aromatic carbocycles. The van der Waals surface area contributed by atoms with Gasteiger partial charge in [-0.3, -0.25) is 4.90 Å². The fraction of sp³-hybridized carbons (Fsp3) is 0.600. The molecule has 0 bridgehead atoms. The Labute approximate surface area is 162 Å². The fourth-order valence-corrected chi connectivity index (χ4v) is 2.86. The minimum atomic E-state index is -0.471. The van der Waals surface area contributed by atoms with Crippen LogP contribution in [-0.2, 0) is 4.74 Å². The van der Waals surface area contributed by atoms with Gasteiger partial charge in [0.05, 0.1) is 0 Å². The number of aryl methyl sites for hydroxylation is 1. The monoisotopic (exact) mass is 376 g/mol. The summed E-state index contributed by atoms with van der Waals surface area (Å²) in [5, 5.41) is 5.79. The predicted octanol–water partition coefficient (Wildman–Crippen LogP) is 2.98. The Balaban J connectivity index is 1.67. The van der Waals surface area contributed by atoms with E-state index in [9.17, 15) is 9.59 Å². The van der Waals surface area contributed by atoms with Crippen LogP contribution in [0.15, 0.2) is 18.2 Å². The first-order valence-electron chi connectivity index (χ1n) is 9.47. The van der Waals surface area contributed by atoms with E-state index in [0.717, 1.165) is 36.4 Å². The molecule has 0 saturated carbocycles. The van der Waals surface area contributed by atoms with Gasteiger partial charge in [-0.05, 0) is 51.8 Å². The molecule has 7 heteroatoms. The van der Waals surface area contributed by atoms with Gasteiger partial charge in [0.15, 0.2) is 0 Å². The number of ether oxygens (including phenoxy) is 1. The van der Waals surface area contributed by atoms with Crippen molar-refractivity contribution in [2.24, 2.45) is 0 Å². The van der Waals surface area contributed by atoms with Gasteiger partial charge in [-0.1, -0.05) is 12.1 Å². The first-order valence-corrected chi connectivity index (χ1v) is 9.47. The van der Waals surface area contributed by atoms with Crippen molar-refractivity contribution in [3.8, 4) is 0 Å². The number of urea groups is 1. The second-order valence-electron chi connectivity index (χ2n) is 7.94. The highest BCUT2D eigenvalue weighted by Gasteiger charge is 2.25. The molecule has 1 heterocycles. The van der Waals surface area contributed by atoms with E-state index in [2.05, 4.69) is 15.5 Å². The number of nitrogens with zero attached hydrogens (tertiary/aromatic N) is 2. The largest absolute Gasteiger partial charge is 0.444 e. The van der Waals surface area contributed by atoms with Crippen molar-refractivity contribution in [1.29, 1.82) is 0 Å². The van der Waals surface area contributed by atoms with Gasteiger partial charge in [0, 0.05) is 45.0 Å². The molecule has 1 aliphatic heterocycles. The first kappa shape index (κ1) is 21.0. The Kier molecular flexibility index (Phi) is 7.07. The number of amides is 3. The quantitative estimate of drug-likeness (QED) is 0.847. The van der Waals surface area contributed by atoms with E-state index in [0.29, 0.717) is 19.6 Å². The zero-order valence-electron chi connectivity index (χ0n) is 17.1. The molecule has 27 heavy (non-hydrogen) atoms. The fourth-order valence-electron chi connectivity index (χ4n) is 2.86. The third kappa shape index (κ3) is 6.75. The molecule has 1 aromatic rings. The Morgan fingerprint density at radius 1 is 1.11 bits per heavy atom. The lowest BCUT2D eigenvalue weighted by Gasteiger charge is -2.35. The summed E-state index contributed by atoms with van der Waals surface area (Å²) >= 11 is 0. The summed E-state index contributed by atoms with van der Waals surface area (Å²) in [5.74, 6) is 0. The summed E-state index contributed by atoms with van der Waals surface area (Å²) in [6, 6.07) is 5.66. The molecule has 0 aromatic heterocycles. The minimum absolute atomic E-state index is 0.198. The number of benzene rings is 1. The highest BCUT2D eigenvalue weighted by Crippen LogP contribution is 2.17. The van der Waals surface area contributed by atoms with Crippen LogP contribution in [0.5, 0.6) is 0 Å².